The van der Waals surface area contributed by atoms with Crippen molar-refractivity contribution in [2.24, 2.45) is 5.92 Å². The van der Waals surface area contributed by atoms with E-state index in [4.69, 9.17) is 9.72 Å². The molecule has 2 fully saturated rings. The summed E-state index contributed by atoms with van der Waals surface area (Å²) >= 11 is 0. The minimum atomic E-state index is -0.847. The van der Waals surface area contributed by atoms with E-state index < -0.39 is 11.6 Å². The molecule has 1 aliphatic carbocycles. The maximum atomic E-state index is 13.3. The molecule has 3 heterocycles. The summed E-state index contributed by atoms with van der Waals surface area (Å²) < 4.78 is 32.1. The van der Waals surface area contributed by atoms with Gasteiger partial charge in [-0.15, -0.1) is 0 Å². The van der Waals surface area contributed by atoms with Gasteiger partial charge in [-0.1, -0.05) is 6.07 Å². The lowest BCUT2D eigenvalue weighted by molar-refractivity contribution is -0.119. The predicted octanol–water partition coefficient (Wildman–Crippen LogP) is 3.24. The maximum Gasteiger partial charge on any atom is 0.249 e. The fourth-order valence-electron chi connectivity index (χ4n) is 4.65. The zero-order valence-electron chi connectivity index (χ0n) is 16.9. The third-order valence-electron chi connectivity index (χ3n) is 6.44. The van der Waals surface area contributed by atoms with Gasteiger partial charge in [-0.2, -0.15) is 0 Å². The van der Waals surface area contributed by atoms with Crippen LogP contribution in [0.5, 0.6) is 0 Å². The Hall–Kier alpha value is -2.61. The molecule has 2 aromatic rings. The van der Waals surface area contributed by atoms with Crippen LogP contribution in [0.25, 0.3) is 0 Å². The molecular weight excluding hydrogens is 390 g/mol. The molecule has 6 nitrogen and oxygen atoms in total. The van der Waals surface area contributed by atoms with Crippen molar-refractivity contribution in [3.63, 3.8) is 0 Å². The Morgan fingerprint density at radius 1 is 1.23 bits per heavy atom. The van der Waals surface area contributed by atoms with E-state index in [9.17, 15) is 13.6 Å². The maximum absolute atomic E-state index is 13.3. The fourth-order valence-corrected chi connectivity index (χ4v) is 4.65. The molecule has 3 aliphatic rings. The van der Waals surface area contributed by atoms with Gasteiger partial charge in [0, 0.05) is 20.0 Å². The molecule has 1 aromatic carbocycles. The average Bonchev–Trinajstić information content (AvgIpc) is 3.20. The minimum Gasteiger partial charge on any atom is -0.374 e. The van der Waals surface area contributed by atoms with Crippen LogP contribution >= 0.6 is 0 Å². The van der Waals surface area contributed by atoms with E-state index in [2.05, 4.69) is 9.88 Å². The summed E-state index contributed by atoms with van der Waals surface area (Å²) in [5.41, 5.74) is 1.41. The summed E-state index contributed by atoms with van der Waals surface area (Å²) in [4.78, 5) is 25.6. The number of ether oxygens (including phenoxy) is 1. The molecule has 2 aliphatic heterocycles. The minimum absolute atomic E-state index is 0.0944. The molecule has 0 spiro atoms. The van der Waals surface area contributed by atoms with Crippen molar-refractivity contribution in [2.45, 2.75) is 50.9 Å². The lowest BCUT2D eigenvalue weighted by Crippen LogP contribution is -2.49. The van der Waals surface area contributed by atoms with Crippen LogP contribution in [0.3, 0.4) is 0 Å². The smallest absolute Gasteiger partial charge is 0.249 e. The first-order chi connectivity index (χ1) is 14.5. The lowest BCUT2D eigenvalue weighted by Gasteiger charge is -2.37. The molecule has 1 saturated heterocycles. The summed E-state index contributed by atoms with van der Waals surface area (Å²) in [6.07, 6.45) is 6.33. The van der Waals surface area contributed by atoms with Crippen LogP contribution in [-0.2, 0) is 22.6 Å². The second-order valence-electron chi connectivity index (χ2n) is 8.47. The van der Waals surface area contributed by atoms with E-state index in [1.54, 1.807) is 24.2 Å². The molecule has 1 amide bonds. The van der Waals surface area contributed by atoms with E-state index in [1.807, 2.05) is 0 Å². The van der Waals surface area contributed by atoms with Crippen molar-refractivity contribution in [2.75, 3.05) is 23.4 Å². The summed E-state index contributed by atoms with van der Waals surface area (Å²) in [5.74, 6) is 0.538. The number of fused-ring (bicyclic) bond motifs is 3. The standard InChI is InChI=1S/C22H24F2N4O2/c1-27-19-11-25-20(26-21(19)28-6-2-3-18(28)22(27)29)10-14-7-15(8-14)30-12-13-4-5-16(23)17(24)9-13/h4-5,9,11,14-15,18H,2-3,6-8,10,12H2,1H3. The average molecular weight is 414 g/mol. The molecule has 5 rings (SSSR count). The van der Waals surface area contributed by atoms with Gasteiger partial charge in [-0.3, -0.25) is 4.79 Å². The normalized spacial score (nSPS) is 25.2. The van der Waals surface area contributed by atoms with E-state index in [-0.39, 0.29) is 24.7 Å². The third kappa shape index (κ3) is 3.43. The van der Waals surface area contributed by atoms with Crippen molar-refractivity contribution in [3.05, 3.63) is 47.4 Å². The van der Waals surface area contributed by atoms with E-state index >= 15 is 0 Å². The van der Waals surface area contributed by atoms with Crippen molar-refractivity contribution in [1.82, 2.24) is 9.97 Å². The second-order valence-corrected chi connectivity index (χ2v) is 8.47. The highest BCUT2D eigenvalue weighted by molar-refractivity contribution is 6.04. The number of halogens is 2. The Labute approximate surface area is 173 Å². The van der Waals surface area contributed by atoms with E-state index in [1.165, 1.54) is 6.07 Å². The molecule has 0 N–H and O–H groups in total. The van der Waals surface area contributed by atoms with Crippen LogP contribution in [0.1, 0.15) is 37.1 Å². The van der Waals surface area contributed by atoms with Crippen LogP contribution in [0, 0.1) is 17.6 Å². The Kier molecular flexibility index (Phi) is 4.89. The first-order valence-electron chi connectivity index (χ1n) is 10.4. The highest BCUT2D eigenvalue weighted by Crippen LogP contribution is 2.38. The molecule has 30 heavy (non-hydrogen) atoms. The van der Waals surface area contributed by atoms with Gasteiger partial charge in [0.05, 0.1) is 18.9 Å². The van der Waals surface area contributed by atoms with Gasteiger partial charge in [0.25, 0.3) is 0 Å². The van der Waals surface area contributed by atoms with E-state index in [0.717, 1.165) is 62.0 Å². The molecule has 1 aromatic heterocycles. The number of hydrogen-bond donors (Lipinski definition) is 0. The predicted molar refractivity (Wildman–Crippen MR) is 107 cm³/mol. The number of carbonyl (C=O) groups excluding carboxylic acids is 1. The number of rotatable bonds is 5. The van der Waals surface area contributed by atoms with Gasteiger partial charge < -0.3 is 14.5 Å². The molecule has 8 heteroatoms. The molecule has 0 radical (unpaired) electrons. The number of likely N-dealkylation sites (N-methyl/N-ethyl adjacent to an activating group) is 1. The Morgan fingerprint density at radius 3 is 2.87 bits per heavy atom. The van der Waals surface area contributed by atoms with Gasteiger partial charge in [0.1, 0.15) is 17.6 Å². The number of amides is 1. The van der Waals surface area contributed by atoms with Gasteiger partial charge in [0.15, 0.2) is 17.5 Å². The third-order valence-corrected chi connectivity index (χ3v) is 6.44. The van der Waals surface area contributed by atoms with Gasteiger partial charge in [-0.25, -0.2) is 18.7 Å². The van der Waals surface area contributed by atoms with Gasteiger partial charge in [0.2, 0.25) is 5.91 Å². The largest absolute Gasteiger partial charge is 0.374 e. The first-order valence-corrected chi connectivity index (χ1v) is 10.4. The number of anilines is 2. The number of aromatic nitrogens is 2. The van der Waals surface area contributed by atoms with Crippen LogP contribution in [0.2, 0.25) is 0 Å². The van der Waals surface area contributed by atoms with Crippen LogP contribution in [0.15, 0.2) is 24.4 Å². The number of carbonyl (C=O) groups is 1. The van der Waals surface area contributed by atoms with Crippen molar-refractivity contribution < 1.29 is 18.3 Å². The van der Waals surface area contributed by atoms with Crippen LogP contribution in [0.4, 0.5) is 20.3 Å². The van der Waals surface area contributed by atoms with Gasteiger partial charge >= 0.3 is 0 Å². The molecule has 1 atom stereocenters. The first kappa shape index (κ1) is 19.4. The zero-order valence-corrected chi connectivity index (χ0v) is 16.9. The Bertz CT molecular complexity index is 980. The fraction of sp³-hybridized carbons (Fsp3) is 0.500. The lowest BCUT2D eigenvalue weighted by atomic mass is 9.80. The summed E-state index contributed by atoms with van der Waals surface area (Å²) in [7, 11) is 1.79. The second kappa shape index (κ2) is 7.58. The Morgan fingerprint density at radius 2 is 2.07 bits per heavy atom. The topological polar surface area (TPSA) is 58.6 Å². The highest BCUT2D eigenvalue weighted by Gasteiger charge is 2.41. The summed E-state index contributed by atoms with van der Waals surface area (Å²) in [6.45, 7) is 1.14. The summed E-state index contributed by atoms with van der Waals surface area (Å²) in [6, 6.07) is 3.76. The Balaban J connectivity index is 1.18. The number of hydrogen-bond acceptors (Lipinski definition) is 5. The summed E-state index contributed by atoms with van der Waals surface area (Å²) in [5, 5.41) is 0. The van der Waals surface area contributed by atoms with Crippen molar-refractivity contribution >= 4 is 17.4 Å². The molecular formula is C22H24F2N4O2. The zero-order chi connectivity index (χ0) is 20.8. The quantitative estimate of drug-likeness (QED) is 0.752. The number of benzene rings is 1. The van der Waals surface area contributed by atoms with Gasteiger partial charge in [-0.05, 0) is 49.3 Å². The highest BCUT2D eigenvalue weighted by atomic mass is 19.2. The monoisotopic (exact) mass is 414 g/mol. The molecule has 158 valence electrons. The van der Waals surface area contributed by atoms with Crippen molar-refractivity contribution in [1.29, 1.82) is 0 Å². The van der Waals surface area contributed by atoms with Crippen molar-refractivity contribution in [3.8, 4) is 0 Å². The number of nitrogens with zero attached hydrogens (tertiary/aromatic N) is 4. The van der Waals surface area contributed by atoms with Crippen LogP contribution < -0.4 is 9.80 Å². The molecule has 1 unspecified atom stereocenters. The van der Waals surface area contributed by atoms with Crippen LogP contribution in [-0.4, -0.2) is 41.6 Å². The van der Waals surface area contributed by atoms with E-state index in [0.29, 0.717) is 11.5 Å². The molecule has 1 saturated carbocycles. The molecule has 0 bridgehead atoms. The SMILES string of the molecule is CN1C(=O)C2CCCN2c2nc(CC3CC(OCc4ccc(F)c(F)c4)C3)ncc21.